The van der Waals surface area contributed by atoms with E-state index in [0.29, 0.717) is 13.0 Å². The first kappa shape index (κ1) is 16.6. The minimum absolute atomic E-state index is 0.0524. The van der Waals surface area contributed by atoms with Gasteiger partial charge in [-0.3, -0.25) is 4.79 Å². The van der Waals surface area contributed by atoms with Gasteiger partial charge in [0.05, 0.1) is 28.3 Å². The lowest BCUT2D eigenvalue weighted by Crippen LogP contribution is -2.32. The Morgan fingerprint density at radius 2 is 2.04 bits per heavy atom. The molecule has 3 nitrogen and oxygen atoms in total. The fourth-order valence-electron chi connectivity index (χ4n) is 2.45. The van der Waals surface area contributed by atoms with Crippen molar-refractivity contribution < 1.29 is 13.9 Å². The van der Waals surface area contributed by atoms with E-state index in [1.165, 1.54) is 6.07 Å². The van der Waals surface area contributed by atoms with Crippen molar-refractivity contribution in [1.29, 1.82) is 0 Å². The van der Waals surface area contributed by atoms with Crippen LogP contribution in [0.15, 0.2) is 34.8 Å². The Kier molecular flexibility index (Phi) is 4.80. The van der Waals surface area contributed by atoms with Crippen molar-refractivity contribution in [3.8, 4) is 5.75 Å². The monoisotopic (exact) mass is 417 g/mol. The highest BCUT2D eigenvalue weighted by atomic mass is 79.9. The highest BCUT2D eigenvalue weighted by molar-refractivity contribution is 9.10. The summed E-state index contributed by atoms with van der Waals surface area (Å²) in [6.45, 7) is 0.488. The normalized spacial score (nSPS) is 16.4. The number of nitrogens with one attached hydrogen (secondary N) is 1. The summed E-state index contributed by atoms with van der Waals surface area (Å²) in [5.41, 5.74) is 0.918. The fraction of sp³-hybridized carbons (Fsp3) is 0.188. The Hall–Kier alpha value is -1.30. The Morgan fingerprint density at radius 3 is 2.83 bits per heavy atom. The number of ether oxygens (including phenoxy) is 1. The van der Waals surface area contributed by atoms with Crippen LogP contribution in [0.2, 0.25) is 10.0 Å². The zero-order chi connectivity index (χ0) is 16.6. The van der Waals surface area contributed by atoms with Gasteiger partial charge in [-0.15, -0.1) is 0 Å². The second kappa shape index (κ2) is 6.67. The Balaban J connectivity index is 1.88. The smallest absolute Gasteiger partial charge is 0.253 e. The summed E-state index contributed by atoms with van der Waals surface area (Å²) in [4.78, 5) is 12.4. The molecule has 0 bridgehead atoms. The number of rotatable bonds is 2. The zero-order valence-corrected chi connectivity index (χ0v) is 14.8. The van der Waals surface area contributed by atoms with Crippen LogP contribution < -0.4 is 10.1 Å². The number of benzene rings is 2. The quantitative estimate of drug-likeness (QED) is 0.685. The van der Waals surface area contributed by atoms with E-state index in [4.69, 9.17) is 27.9 Å². The summed E-state index contributed by atoms with van der Waals surface area (Å²) >= 11 is 15.1. The van der Waals surface area contributed by atoms with Gasteiger partial charge in [-0.1, -0.05) is 39.1 Å². The molecular formula is C16H11BrCl2FNO2. The van der Waals surface area contributed by atoms with Gasteiger partial charge in [-0.2, -0.15) is 0 Å². The largest absolute Gasteiger partial charge is 0.493 e. The molecule has 0 saturated carbocycles. The standard InChI is InChI=1S/C16H11BrCl2FNO2/c17-8-1-2-15-10(5-8)14(3-4-23-15)21-16(22)9-6-13(20)12(19)7-11(9)18/h1-2,5-7,14H,3-4H2,(H,21,22). The Morgan fingerprint density at radius 1 is 1.26 bits per heavy atom. The van der Waals surface area contributed by atoms with Crippen molar-refractivity contribution in [3.63, 3.8) is 0 Å². The van der Waals surface area contributed by atoms with Crippen molar-refractivity contribution in [2.75, 3.05) is 6.61 Å². The van der Waals surface area contributed by atoms with E-state index < -0.39 is 11.7 Å². The number of carbonyl (C=O) groups excluding carboxylic acids is 1. The molecule has 1 unspecified atom stereocenters. The molecule has 0 radical (unpaired) electrons. The van der Waals surface area contributed by atoms with Gasteiger partial charge in [-0.25, -0.2) is 4.39 Å². The summed E-state index contributed by atoms with van der Waals surface area (Å²) in [5, 5.41) is 2.86. The predicted octanol–water partition coefficient (Wildman–Crippen LogP) is 5.15. The molecule has 1 heterocycles. The van der Waals surface area contributed by atoms with E-state index in [2.05, 4.69) is 21.2 Å². The number of amides is 1. The zero-order valence-electron chi connectivity index (χ0n) is 11.7. The maximum atomic E-state index is 13.6. The third-order valence-corrected chi connectivity index (χ3v) is 4.67. The number of fused-ring (bicyclic) bond motifs is 1. The minimum Gasteiger partial charge on any atom is -0.493 e. The molecule has 2 aromatic rings. The number of hydrogen-bond acceptors (Lipinski definition) is 2. The van der Waals surface area contributed by atoms with Gasteiger partial charge in [0.1, 0.15) is 11.6 Å². The van der Waals surface area contributed by atoms with Crippen LogP contribution in [0, 0.1) is 5.82 Å². The summed E-state index contributed by atoms with van der Waals surface area (Å²) in [7, 11) is 0. The highest BCUT2D eigenvalue weighted by Crippen LogP contribution is 2.34. The van der Waals surface area contributed by atoms with Crippen molar-refractivity contribution in [2.24, 2.45) is 0 Å². The maximum Gasteiger partial charge on any atom is 0.253 e. The van der Waals surface area contributed by atoms with Gasteiger partial charge in [0.2, 0.25) is 0 Å². The van der Waals surface area contributed by atoms with E-state index in [0.717, 1.165) is 21.9 Å². The molecule has 7 heteroatoms. The van der Waals surface area contributed by atoms with Crippen LogP contribution in [0.3, 0.4) is 0 Å². The van der Waals surface area contributed by atoms with Crippen LogP contribution in [0.5, 0.6) is 5.75 Å². The Labute approximate surface area is 150 Å². The first-order chi connectivity index (χ1) is 11.0. The SMILES string of the molecule is O=C(NC1CCOc2ccc(Br)cc21)c1cc(F)c(Cl)cc1Cl. The fourth-order valence-corrected chi connectivity index (χ4v) is 3.30. The van der Waals surface area contributed by atoms with Gasteiger partial charge < -0.3 is 10.1 Å². The van der Waals surface area contributed by atoms with Crippen LogP contribution >= 0.6 is 39.1 Å². The second-order valence-electron chi connectivity index (χ2n) is 5.09. The molecule has 3 rings (SSSR count). The second-order valence-corrected chi connectivity index (χ2v) is 6.82. The average molecular weight is 419 g/mol. The molecule has 0 aliphatic carbocycles. The molecule has 0 spiro atoms. The van der Waals surface area contributed by atoms with E-state index in [-0.39, 0.29) is 21.7 Å². The van der Waals surface area contributed by atoms with E-state index in [1.807, 2.05) is 18.2 Å². The maximum absolute atomic E-state index is 13.6. The lowest BCUT2D eigenvalue weighted by atomic mass is 10.00. The minimum atomic E-state index is -0.684. The molecular weight excluding hydrogens is 408 g/mol. The molecule has 1 amide bonds. The number of halogens is 4. The van der Waals surface area contributed by atoms with Gasteiger partial charge in [0.25, 0.3) is 5.91 Å². The lowest BCUT2D eigenvalue weighted by Gasteiger charge is -2.27. The molecule has 0 saturated heterocycles. The summed E-state index contributed by atoms with van der Waals surface area (Å²) in [6, 6.07) is 7.63. The van der Waals surface area contributed by atoms with Crippen molar-refractivity contribution in [1.82, 2.24) is 5.32 Å². The third kappa shape index (κ3) is 3.47. The van der Waals surface area contributed by atoms with Gasteiger partial charge >= 0.3 is 0 Å². The Bertz CT molecular complexity index is 785. The number of carbonyl (C=O) groups is 1. The molecule has 23 heavy (non-hydrogen) atoms. The molecule has 120 valence electrons. The number of hydrogen-bond donors (Lipinski definition) is 1. The van der Waals surface area contributed by atoms with E-state index in [9.17, 15) is 9.18 Å². The topological polar surface area (TPSA) is 38.3 Å². The van der Waals surface area contributed by atoms with Gasteiger partial charge in [-0.05, 0) is 30.3 Å². The van der Waals surface area contributed by atoms with Crippen molar-refractivity contribution in [2.45, 2.75) is 12.5 Å². The van der Waals surface area contributed by atoms with Crippen LogP contribution in [0.1, 0.15) is 28.4 Å². The summed E-state index contributed by atoms with van der Waals surface area (Å²) in [6.07, 6.45) is 0.614. The van der Waals surface area contributed by atoms with Gasteiger partial charge in [0, 0.05) is 16.5 Å². The van der Waals surface area contributed by atoms with Crippen molar-refractivity contribution in [3.05, 3.63) is 61.8 Å². The third-order valence-electron chi connectivity index (χ3n) is 3.57. The predicted molar refractivity (Wildman–Crippen MR) is 90.9 cm³/mol. The first-order valence-electron chi connectivity index (χ1n) is 6.83. The van der Waals surface area contributed by atoms with Gasteiger partial charge in [0.15, 0.2) is 0 Å². The van der Waals surface area contributed by atoms with Crippen LogP contribution in [-0.4, -0.2) is 12.5 Å². The van der Waals surface area contributed by atoms with Crippen LogP contribution in [-0.2, 0) is 0 Å². The highest BCUT2D eigenvalue weighted by Gasteiger charge is 2.25. The van der Waals surface area contributed by atoms with Crippen LogP contribution in [0.25, 0.3) is 0 Å². The van der Waals surface area contributed by atoms with E-state index >= 15 is 0 Å². The molecule has 1 N–H and O–H groups in total. The van der Waals surface area contributed by atoms with E-state index in [1.54, 1.807) is 0 Å². The lowest BCUT2D eigenvalue weighted by molar-refractivity contribution is 0.0924. The molecule has 1 atom stereocenters. The molecule has 1 aliphatic rings. The summed E-state index contributed by atoms with van der Waals surface area (Å²) in [5.74, 6) is -0.419. The average Bonchev–Trinajstić information content (AvgIpc) is 2.51. The molecule has 2 aromatic carbocycles. The first-order valence-corrected chi connectivity index (χ1v) is 8.38. The molecule has 0 fully saturated rings. The molecule has 1 aliphatic heterocycles. The van der Waals surface area contributed by atoms with Crippen LogP contribution in [0.4, 0.5) is 4.39 Å². The molecule has 0 aromatic heterocycles. The van der Waals surface area contributed by atoms with Crippen molar-refractivity contribution >= 4 is 45.0 Å². The summed E-state index contributed by atoms with van der Waals surface area (Å²) < 4.78 is 20.1.